The summed E-state index contributed by atoms with van der Waals surface area (Å²) in [5, 5.41) is 1.05. The van der Waals surface area contributed by atoms with Crippen LogP contribution >= 0.6 is 0 Å². The maximum atomic E-state index is 12.8. The minimum atomic E-state index is -2.76. The molecule has 2 N–H and O–H groups in total. The molecule has 1 aliphatic carbocycles. The van der Waals surface area contributed by atoms with E-state index in [1.165, 1.54) is 0 Å². The van der Waals surface area contributed by atoms with Crippen molar-refractivity contribution < 1.29 is 8.95 Å². The Morgan fingerprint density at radius 1 is 1.34 bits per heavy atom. The molecule has 3 aromatic rings. The second kappa shape index (κ2) is 6.53. The van der Waals surface area contributed by atoms with E-state index in [-0.39, 0.29) is 6.04 Å². The zero-order valence-corrected chi connectivity index (χ0v) is 17.5. The smallest absolute Gasteiger partial charge is 0.0957 e. The monoisotopic (exact) mass is 411 g/mol. The van der Waals surface area contributed by atoms with Crippen LogP contribution in [-0.4, -0.2) is 51.2 Å². The average molecular weight is 412 g/mol. The highest BCUT2D eigenvalue weighted by Gasteiger charge is 2.53. The number of nitrogens with zero attached hydrogens (tertiary/aromatic N) is 3. The van der Waals surface area contributed by atoms with E-state index < -0.39 is 14.5 Å². The van der Waals surface area contributed by atoms with Gasteiger partial charge in [-0.1, -0.05) is 0 Å². The molecule has 0 radical (unpaired) electrons. The summed E-state index contributed by atoms with van der Waals surface area (Å²) in [6.07, 6.45) is 8.56. The fraction of sp³-hybridized carbons (Fsp3) is 0.429. The van der Waals surface area contributed by atoms with Crippen LogP contribution < -0.4 is 4.90 Å². The first-order valence-electron chi connectivity index (χ1n) is 9.91. The van der Waals surface area contributed by atoms with Gasteiger partial charge in [-0.3, -0.25) is 14.7 Å². The average Bonchev–Trinajstić information content (AvgIpc) is 3.39. The highest BCUT2D eigenvalue weighted by atomic mass is 32.2. The minimum absolute atomic E-state index is 0.241. The van der Waals surface area contributed by atoms with Gasteiger partial charge in [0.05, 0.1) is 50.8 Å². The first-order valence-corrected chi connectivity index (χ1v) is 11.9. The first-order chi connectivity index (χ1) is 13.9. The zero-order chi connectivity index (χ0) is 20.2. The van der Waals surface area contributed by atoms with E-state index >= 15 is 0 Å². The first kappa shape index (κ1) is 18.6. The van der Waals surface area contributed by atoms with E-state index in [2.05, 4.69) is 27.9 Å². The fourth-order valence-electron chi connectivity index (χ4n) is 4.31. The van der Waals surface area contributed by atoms with Gasteiger partial charge in [-0.25, -0.2) is 4.21 Å². The van der Waals surface area contributed by atoms with Crippen LogP contribution in [0.1, 0.15) is 25.5 Å². The van der Waals surface area contributed by atoms with E-state index in [0.717, 1.165) is 52.9 Å². The Balaban J connectivity index is 1.72. The summed E-state index contributed by atoms with van der Waals surface area (Å²) >= 11 is 0. The molecule has 0 aromatic carbocycles. The molecule has 1 unspecified atom stereocenters. The third-order valence-electron chi connectivity index (χ3n) is 6.18. The number of ether oxygens (including phenoxy) is 1. The van der Waals surface area contributed by atoms with E-state index in [1.54, 1.807) is 12.5 Å². The van der Waals surface area contributed by atoms with Crippen molar-refractivity contribution >= 4 is 26.3 Å². The number of hydrogen-bond acceptors (Lipinski definition) is 6. The molecule has 1 saturated heterocycles. The lowest BCUT2D eigenvalue weighted by molar-refractivity contribution is 0.0989. The van der Waals surface area contributed by atoms with Crippen molar-refractivity contribution in [2.75, 3.05) is 30.9 Å². The SMILES string of the molecule is C[C@@H]1COCCN1c1cc(-c2cncc3[nH]ccc23)nc(C2(S(C)(=N)=O)CC2)c1. The van der Waals surface area contributed by atoms with Gasteiger partial charge in [-0.2, -0.15) is 0 Å². The van der Waals surface area contributed by atoms with E-state index in [1.807, 2.05) is 24.5 Å². The van der Waals surface area contributed by atoms with Crippen molar-refractivity contribution in [2.24, 2.45) is 0 Å². The largest absolute Gasteiger partial charge is 0.377 e. The van der Waals surface area contributed by atoms with Crippen LogP contribution in [0, 0.1) is 4.78 Å². The van der Waals surface area contributed by atoms with E-state index in [4.69, 9.17) is 14.5 Å². The number of aromatic amines is 1. The zero-order valence-electron chi connectivity index (χ0n) is 16.6. The molecule has 2 aliphatic rings. The topological polar surface area (TPSA) is 95.0 Å². The van der Waals surface area contributed by atoms with Crippen LogP contribution in [0.25, 0.3) is 22.2 Å². The molecule has 4 heterocycles. The maximum absolute atomic E-state index is 12.8. The molecule has 29 heavy (non-hydrogen) atoms. The van der Waals surface area contributed by atoms with Gasteiger partial charge in [-0.15, -0.1) is 0 Å². The number of fused-ring (bicyclic) bond motifs is 1. The second-order valence-electron chi connectivity index (χ2n) is 8.18. The number of H-pyrrole nitrogens is 1. The summed E-state index contributed by atoms with van der Waals surface area (Å²) < 4.78 is 26.1. The fourth-order valence-corrected chi connectivity index (χ4v) is 5.69. The number of nitrogens with one attached hydrogen (secondary N) is 2. The molecule has 7 nitrogen and oxygen atoms in total. The second-order valence-corrected chi connectivity index (χ2v) is 10.6. The maximum Gasteiger partial charge on any atom is 0.0957 e. The number of anilines is 1. The summed E-state index contributed by atoms with van der Waals surface area (Å²) in [6.45, 7) is 4.30. The van der Waals surface area contributed by atoms with Crippen LogP contribution in [0.3, 0.4) is 0 Å². The van der Waals surface area contributed by atoms with Crippen molar-refractivity contribution in [3.05, 3.63) is 42.5 Å². The Morgan fingerprint density at radius 2 is 2.17 bits per heavy atom. The molecular formula is C21H25N5O2S. The molecule has 0 spiro atoms. The van der Waals surface area contributed by atoms with E-state index in [0.29, 0.717) is 13.2 Å². The predicted molar refractivity (Wildman–Crippen MR) is 115 cm³/mol. The number of rotatable bonds is 4. The number of aromatic nitrogens is 3. The summed E-state index contributed by atoms with van der Waals surface area (Å²) in [7, 11) is -2.76. The van der Waals surface area contributed by atoms with Crippen molar-refractivity contribution in [3.8, 4) is 11.3 Å². The summed E-state index contributed by atoms with van der Waals surface area (Å²) in [5.41, 5.74) is 4.51. The highest BCUT2D eigenvalue weighted by molar-refractivity contribution is 7.92. The molecule has 3 aromatic heterocycles. The van der Waals surface area contributed by atoms with Crippen molar-refractivity contribution in [3.63, 3.8) is 0 Å². The number of pyridine rings is 2. The molecule has 0 bridgehead atoms. The molecule has 8 heteroatoms. The van der Waals surface area contributed by atoms with Crippen molar-refractivity contribution in [2.45, 2.75) is 30.6 Å². The highest BCUT2D eigenvalue weighted by Crippen LogP contribution is 2.53. The molecule has 2 atom stereocenters. The lowest BCUT2D eigenvalue weighted by atomic mass is 10.1. The molecule has 1 aliphatic heterocycles. The molecule has 5 rings (SSSR count). The lowest BCUT2D eigenvalue weighted by Crippen LogP contribution is -2.43. The standard InChI is InChI=1S/C21H25N5O2S/c1-14-13-28-8-7-26(14)15-9-18(17-11-23-12-19-16(17)3-6-24-19)25-20(10-15)21(4-5-21)29(2,22)27/h3,6,9-12,14,22,24H,4-5,7-8,13H2,1-2H3/t14-,29?/m1/s1. The summed E-state index contributed by atoms with van der Waals surface area (Å²) in [4.78, 5) is 14.8. The van der Waals surface area contributed by atoms with Gasteiger partial charge in [0.1, 0.15) is 0 Å². The van der Waals surface area contributed by atoms with Gasteiger partial charge < -0.3 is 14.6 Å². The summed E-state index contributed by atoms with van der Waals surface area (Å²) in [5.74, 6) is 0. The van der Waals surface area contributed by atoms with Crippen LogP contribution in [0.4, 0.5) is 5.69 Å². The number of morpholine rings is 1. The Hall–Kier alpha value is -2.45. The normalized spacial score (nSPS) is 23.1. The van der Waals surface area contributed by atoms with Gasteiger partial charge in [0.25, 0.3) is 0 Å². The van der Waals surface area contributed by atoms with Crippen LogP contribution in [0.5, 0.6) is 0 Å². The molecule has 0 amide bonds. The van der Waals surface area contributed by atoms with Crippen molar-refractivity contribution in [1.82, 2.24) is 15.0 Å². The Bertz CT molecular complexity index is 1180. The summed E-state index contributed by atoms with van der Waals surface area (Å²) in [6, 6.07) is 6.40. The van der Waals surface area contributed by atoms with Crippen LogP contribution in [0.15, 0.2) is 36.8 Å². The van der Waals surface area contributed by atoms with E-state index in [9.17, 15) is 4.21 Å². The molecule has 152 valence electrons. The third-order valence-corrected chi connectivity index (χ3v) is 8.29. The quantitative estimate of drug-likeness (QED) is 0.685. The van der Waals surface area contributed by atoms with Crippen molar-refractivity contribution in [1.29, 1.82) is 4.78 Å². The van der Waals surface area contributed by atoms with Crippen LogP contribution in [-0.2, 0) is 19.2 Å². The van der Waals surface area contributed by atoms with Gasteiger partial charge in [0.2, 0.25) is 0 Å². The van der Waals surface area contributed by atoms with Crippen LogP contribution in [0.2, 0.25) is 0 Å². The predicted octanol–water partition coefficient (Wildman–Crippen LogP) is 3.52. The lowest BCUT2D eigenvalue weighted by Gasteiger charge is -2.36. The molecule has 2 fully saturated rings. The Morgan fingerprint density at radius 3 is 2.90 bits per heavy atom. The molecular weight excluding hydrogens is 386 g/mol. The number of hydrogen-bond donors (Lipinski definition) is 2. The van der Waals surface area contributed by atoms with Gasteiger partial charge in [-0.05, 0) is 38.0 Å². The minimum Gasteiger partial charge on any atom is -0.377 e. The Labute approximate surface area is 170 Å². The van der Waals surface area contributed by atoms with Gasteiger partial charge in [0, 0.05) is 47.9 Å². The molecule has 1 saturated carbocycles. The van der Waals surface area contributed by atoms with Gasteiger partial charge in [0.15, 0.2) is 0 Å². The third kappa shape index (κ3) is 3.02. The Kier molecular flexibility index (Phi) is 4.18. The van der Waals surface area contributed by atoms with Gasteiger partial charge >= 0.3 is 0 Å².